The van der Waals surface area contributed by atoms with Gasteiger partial charge < -0.3 is 5.11 Å². The van der Waals surface area contributed by atoms with Crippen molar-refractivity contribution in [2.75, 3.05) is 25.0 Å². The van der Waals surface area contributed by atoms with Gasteiger partial charge in [-0.25, -0.2) is 0 Å². The predicted octanol–water partition coefficient (Wildman–Crippen LogP) is 23.5. The highest BCUT2D eigenvalue weighted by atomic mass is 79.9. The fraction of sp³-hybridized carbons (Fsp3) is 0.309. The van der Waals surface area contributed by atoms with Gasteiger partial charge >= 0.3 is 70.8 Å². The van der Waals surface area contributed by atoms with Gasteiger partial charge in [-0.2, -0.15) is 58.9 Å². The minimum Gasteiger partial charge on any atom is -0.392 e. The maximum Gasteiger partial charge on any atom is 0.358 e. The Kier molecular flexibility index (Phi) is 41.5. The Morgan fingerprint density at radius 1 is 0.292 bits per heavy atom. The third-order valence-corrected chi connectivity index (χ3v) is 35.0. The Bertz CT molecular complexity index is 7250. The van der Waals surface area contributed by atoms with Crippen LogP contribution < -0.4 is 0 Å². The van der Waals surface area contributed by atoms with Crippen molar-refractivity contribution >= 4 is 244 Å². The van der Waals surface area contributed by atoms with Gasteiger partial charge in [0.2, 0.25) is 0 Å². The van der Waals surface area contributed by atoms with Crippen LogP contribution in [0.15, 0.2) is 296 Å². The summed E-state index contributed by atoms with van der Waals surface area (Å²) < 4.78 is 196. The Balaban J connectivity index is 0.000000161. The van der Waals surface area contributed by atoms with Crippen molar-refractivity contribution in [1.29, 1.82) is 0 Å². The van der Waals surface area contributed by atoms with Crippen molar-refractivity contribution in [3.8, 4) is 0 Å². The third-order valence-electron chi connectivity index (χ3n) is 20.7. The molecule has 10 aromatic carbocycles. The first-order valence-corrected chi connectivity index (χ1v) is 63.5. The summed E-state index contributed by atoms with van der Waals surface area (Å²) in [5.41, 5.74) is 15.1. The van der Waals surface area contributed by atoms with E-state index in [-0.39, 0.29) is 31.8 Å². The molecule has 7 atom stereocenters. The lowest BCUT2D eigenvalue weighted by Crippen LogP contribution is -2.17. The number of thioether (sulfide) groups is 7. The van der Waals surface area contributed by atoms with Crippen LogP contribution in [0.4, 0.5) is 0 Å². The van der Waals surface area contributed by atoms with Gasteiger partial charge in [0, 0.05) is 174 Å². The molecular formula is C97H103BrCl3N7O22S14. The summed E-state index contributed by atoms with van der Waals surface area (Å²) in [5, 5.41) is 40.1. The van der Waals surface area contributed by atoms with Crippen molar-refractivity contribution in [2.24, 2.45) is 36.1 Å². The predicted molar refractivity (Wildman–Crippen MR) is 586 cm³/mol. The van der Waals surface area contributed by atoms with Gasteiger partial charge in [0.25, 0.3) is 0 Å². The first-order chi connectivity index (χ1) is 67.6. The van der Waals surface area contributed by atoms with Crippen molar-refractivity contribution in [3.63, 3.8) is 0 Å². The second kappa shape index (κ2) is 51.4. The normalized spacial score (nSPS) is 20.4. The van der Waals surface area contributed by atoms with Crippen molar-refractivity contribution in [1.82, 2.24) is 0 Å². The summed E-state index contributed by atoms with van der Waals surface area (Å²) >= 11 is 33.6. The summed E-state index contributed by atoms with van der Waals surface area (Å²) in [6, 6.07) is 61.6. The van der Waals surface area contributed by atoms with Crippen LogP contribution in [0.25, 0.3) is 0 Å². The van der Waals surface area contributed by atoms with E-state index in [2.05, 4.69) is 117 Å². The third kappa shape index (κ3) is 35.6. The molecule has 0 bridgehead atoms. The number of fused-ring (bicyclic) bond motifs is 7. The molecule has 0 saturated heterocycles. The summed E-state index contributed by atoms with van der Waals surface area (Å²) in [6.45, 7) is 21.9. The molecule has 1 N–H and O–H groups in total. The molecule has 17 rings (SSSR count). The topological polar surface area (TPSA) is 410 Å². The molecule has 7 heterocycles. The fourth-order valence-corrected chi connectivity index (χ4v) is 26.4. The molecule has 10 aromatic rings. The summed E-state index contributed by atoms with van der Waals surface area (Å²) in [7, 11) is -26.1. The summed E-state index contributed by atoms with van der Waals surface area (Å²) in [5.74, 6) is 0. The molecule has 770 valence electrons. The van der Waals surface area contributed by atoms with Crippen LogP contribution >= 0.6 is 133 Å². The number of aryl methyl sites for hydroxylation is 4. The molecule has 7 aliphatic rings. The Hall–Kier alpha value is -8.10. The van der Waals surface area contributed by atoms with E-state index in [1.54, 1.807) is 156 Å². The second-order valence-corrected chi connectivity index (χ2v) is 57.2. The molecule has 29 nitrogen and oxygen atoms in total. The highest BCUT2D eigenvalue weighted by Crippen LogP contribution is 2.44. The van der Waals surface area contributed by atoms with Gasteiger partial charge in [-0.3, -0.25) is 30.0 Å². The van der Waals surface area contributed by atoms with Gasteiger partial charge in [-0.15, -0.1) is 82.3 Å². The summed E-state index contributed by atoms with van der Waals surface area (Å²) in [4.78, 5) is 7.73. The number of nitrogens with zero attached hydrogens (tertiary/aromatic N) is 7. The molecule has 0 spiro atoms. The van der Waals surface area contributed by atoms with Crippen molar-refractivity contribution in [3.05, 3.63) is 293 Å². The minimum atomic E-state index is -3.95. The molecule has 7 aliphatic heterocycles. The number of halogens is 4. The van der Waals surface area contributed by atoms with E-state index in [0.717, 1.165) is 125 Å². The SMILES string of the molecule is CC1C/C(=N\OS(C)(=O)=O)c2cc(Br)ccc2S1.CC1C/C(=N\OS(C)(=O)=O)c2cc(CO)ccc2S1.CC1C/C(=N\OS(C)(=O)=O)c2cc(Cl)ccc2S1.CC1C/C(=N\OS(C)(=O)=O)c2ccccc2S1.Cc1ccc(S(=O)(=O)O/N=C2\CC(C)Sc3ccc(C)cc32)cc1.Cc1ccc(S(=O)(=O)O/N=C2\CC(C)Sc3ccc(Cl)cc32)cc1.Cc1ccccc1S(=O)(=O)O/N=C1\CC(C)Sc2ccc(Cl)cc21. The second-order valence-electron chi connectivity index (χ2n) is 33.8. The van der Waals surface area contributed by atoms with Gasteiger partial charge in [0.1, 0.15) is 14.7 Å². The fourth-order valence-electron chi connectivity index (χ4n) is 14.3. The number of aliphatic hydroxyl groups excluding tert-OH is 1. The quantitative estimate of drug-likeness (QED) is 0.0780. The largest absolute Gasteiger partial charge is 0.392 e. The van der Waals surface area contributed by atoms with Crippen LogP contribution in [0.5, 0.6) is 0 Å². The van der Waals surface area contributed by atoms with Gasteiger partial charge in [-0.05, 0) is 172 Å². The van der Waals surface area contributed by atoms with Crippen molar-refractivity contribution < 1.29 is 94.0 Å². The van der Waals surface area contributed by atoms with E-state index in [9.17, 15) is 58.9 Å². The van der Waals surface area contributed by atoms with Crippen LogP contribution in [0, 0.1) is 27.7 Å². The molecule has 144 heavy (non-hydrogen) atoms. The highest BCUT2D eigenvalue weighted by Gasteiger charge is 2.32. The maximum atomic E-state index is 12.4. The van der Waals surface area contributed by atoms with E-state index in [4.69, 9.17) is 52.8 Å². The first kappa shape index (κ1) is 116. The minimum absolute atomic E-state index is 0.0618. The zero-order valence-corrected chi connectivity index (χ0v) is 95.5. The van der Waals surface area contributed by atoms with Gasteiger partial charge in [0.05, 0.1) is 71.6 Å². The van der Waals surface area contributed by atoms with E-state index < -0.39 is 70.8 Å². The van der Waals surface area contributed by atoms with Crippen LogP contribution in [0.1, 0.15) is 160 Å². The van der Waals surface area contributed by atoms with E-state index in [0.29, 0.717) is 132 Å². The molecule has 0 amide bonds. The molecule has 47 heteroatoms. The lowest BCUT2D eigenvalue weighted by atomic mass is 10.0. The molecule has 0 fully saturated rings. The lowest BCUT2D eigenvalue weighted by Gasteiger charge is -2.22. The summed E-state index contributed by atoms with van der Waals surface area (Å²) in [6.07, 6.45) is 8.47. The zero-order chi connectivity index (χ0) is 105. The highest BCUT2D eigenvalue weighted by molar-refractivity contribution is 9.10. The average molecular weight is 2350 g/mol. The van der Waals surface area contributed by atoms with E-state index in [1.807, 2.05) is 131 Å². The number of aliphatic hydroxyl groups is 1. The Labute approximate surface area is 895 Å². The number of hydrogen-bond acceptors (Lipinski definition) is 36. The molecule has 0 aliphatic carbocycles. The number of benzene rings is 10. The van der Waals surface area contributed by atoms with Crippen LogP contribution in [-0.4, -0.2) is 166 Å². The zero-order valence-electron chi connectivity index (χ0n) is 80.2. The average Bonchev–Trinajstić information content (AvgIpc) is 0.792. The Morgan fingerprint density at radius 3 is 0.882 bits per heavy atom. The maximum absolute atomic E-state index is 12.4. The van der Waals surface area contributed by atoms with E-state index >= 15 is 0 Å². The first-order valence-electron chi connectivity index (χ1n) is 43.9. The molecular weight excluding hydrogens is 2250 g/mol. The molecule has 7 unspecified atom stereocenters. The van der Waals surface area contributed by atoms with Crippen LogP contribution in [0.2, 0.25) is 15.1 Å². The standard InChI is InChI=1S/C18H19NO3S2.2C17H16ClNO3S2.C12H15NO4S2.C11H12BrNO3S2.C11H12ClNO3S2.C11H13NO3S2/c1-12-4-7-15(8-5-12)24(20,21)22-19-17-11-14(3)23-18-9-6-13(2)10-16(17)18;1-11-3-6-14(7-4-11)24(20,21)22-19-16-9-12(2)23-17-8-5-13(18)10-15(16)17;1-11-5-3-4-6-17(11)24(20,21)22-19-15-9-12(2)23-16-8-7-13(18)10-14(15)16;1-8-5-11(13-17-19(2,15)16)10-6-9(7-14)3-4-12(10)18-8;2*1-7-5-10(13-16-18(2,14)15)9-6-8(12)3-4-11(9)17-7;1-8-7-10(12-15-17(2,13)14)9-5-3-4-6-11(9)16-8/h4-10,14H,11H2,1-3H3;2*3-8,10,12H,9H2,1-2H3;3-4,6,8,14H,5,7H2,1-2H3;2*3-4,6-7H,5H2,1-2H3;3-6,8H,7H2,1-2H3/b19-17+;19-16+;19-15+;13-11+;2*13-10+;12-10+. The number of rotatable bonds is 18. The molecule has 0 radical (unpaired) electrons. The van der Waals surface area contributed by atoms with Gasteiger partial charge in [-0.1, -0.05) is 225 Å². The molecule has 0 saturated carbocycles. The number of oxime groups is 7. The number of hydrogen-bond donors (Lipinski definition) is 1. The van der Waals surface area contributed by atoms with E-state index in [1.165, 1.54) is 30.3 Å². The van der Waals surface area contributed by atoms with Crippen LogP contribution in [0.3, 0.4) is 0 Å². The smallest absolute Gasteiger partial charge is 0.358 e. The van der Waals surface area contributed by atoms with Crippen molar-refractivity contribution in [2.45, 2.75) is 213 Å². The van der Waals surface area contributed by atoms with Crippen LogP contribution in [-0.2, 0) is 107 Å². The van der Waals surface area contributed by atoms with Gasteiger partial charge in [0.15, 0.2) is 0 Å². The Morgan fingerprint density at radius 2 is 0.549 bits per heavy atom. The lowest BCUT2D eigenvalue weighted by molar-refractivity contribution is 0.281. The monoisotopic (exact) mass is 2350 g/mol. The molecule has 0 aromatic heterocycles.